The minimum atomic E-state index is -4.47. The molecular formula is C44H55F3IrNO2S-. The Bertz CT molecular complexity index is 1800. The molecule has 2 aromatic carbocycles. The predicted molar refractivity (Wildman–Crippen MR) is 207 cm³/mol. The molecule has 1 fully saturated rings. The molecule has 0 aliphatic heterocycles. The largest absolute Gasteiger partial charge is 0.512 e. The van der Waals surface area contributed by atoms with Crippen LogP contribution < -0.4 is 0 Å². The number of hydrogen-bond acceptors (Lipinski definition) is 4. The van der Waals surface area contributed by atoms with Gasteiger partial charge in [-0.2, -0.15) is 13.2 Å². The number of allylic oxidation sites excluding steroid dienone is 2. The summed E-state index contributed by atoms with van der Waals surface area (Å²) in [6, 6.07) is 15.7. The van der Waals surface area contributed by atoms with Gasteiger partial charge < -0.3 is 10.1 Å². The summed E-state index contributed by atoms with van der Waals surface area (Å²) in [5.74, 6) is 1.11. The molecule has 8 heteroatoms. The minimum Gasteiger partial charge on any atom is -0.512 e. The molecule has 2 heterocycles. The molecule has 52 heavy (non-hydrogen) atoms. The van der Waals surface area contributed by atoms with Crippen molar-refractivity contribution in [3.05, 3.63) is 88.3 Å². The van der Waals surface area contributed by atoms with Gasteiger partial charge in [0.2, 0.25) is 0 Å². The molecule has 3 nitrogen and oxygen atoms in total. The van der Waals surface area contributed by atoms with E-state index in [0.717, 1.165) is 59.0 Å². The molecule has 5 rings (SSSR count). The van der Waals surface area contributed by atoms with Crippen LogP contribution in [0.3, 0.4) is 0 Å². The van der Waals surface area contributed by atoms with Gasteiger partial charge in [-0.1, -0.05) is 79.7 Å². The number of fused-ring (bicyclic) bond motifs is 1. The third-order valence-electron chi connectivity index (χ3n) is 10.7. The SMILES string of the molecule is CCC(CC)C(=O)/C=C(\O)C(CC)CC.Cc1[c-]c(-c2ncc(C(F)(F)F)c3c(C)c(-c4ccc(C5CCC(C)(C)CC5)cc4)sc23)cc(C)c1.[Ir]. The number of aryl methyl sites for hydroxylation is 3. The van der Waals surface area contributed by atoms with Crippen molar-refractivity contribution in [3.8, 4) is 21.7 Å². The zero-order valence-electron chi connectivity index (χ0n) is 32.2. The van der Waals surface area contributed by atoms with E-state index >= 15 is 0 Å². The first-order chi connectivity index (χ1) is 24.0. The molecule has 1 saturated carbocycles. The number of hydrogen-bond donors (Lipinski definition) is 1. The average Bonchev–Trinajstić information content (AvgIpc) is 3.41. The van der Waals surface area contributed by atoms with Gasteiger partial charge in [0.05, 0.1) is 11.3 Å². The van der Waals surface area contributed by atoms with Gasteiger partial charge in [-0.3, -0.25) is 4.79 Å². The summed E-state index contributed by atoms with van der Waals surface area (Å²) in [7, 11) is 0. The molecule has 0 amide bonds. The minimum absolute atomic E-state index is 0. The first-order valence-corrected chi connectivity index (χ1v) is 19.4. The molecule has 1 radical (unpaired) electrons. The smallest absolute Gasteiger partial charge is 0.418 e. The summed E-state index contributed by atoms with van der Waals surface area (Å²) in [6.45, 7) is 18.5. The number of aromatic nitrogens is 1. The van der Waals surface area contributed by atoms with Crippen LogP contribution in [0.2, 0.25) is 0 Å². The van der Waals surface area contributed by atoms with E-state index in [2.05, 4.69) is 49.2 Å². The molecular weight excluding hydrogens is 856 g/mol. The Morgan fingerprint density at radius 1 is 0.981 bits per heavy atom. The quantitative estimate of drug-likeness (QED) is 0.0980. The molecule has 0 saturated heterocycles. The molecule has 0 atom stereocenters. The van der Waals surface area contributed by atoms with Gasteiger partial charge in [0, 0.05) is 64.9 Å². The number of alkyl halides is 3. The summed E-state index contributed by atoms with van der Waals surface area (Å²) >= 11 is 1.40. The third kappa shape index (κ3) is 10.4. The number of halogens is 3. The fraction of sp³-hybridized carbons (Fsp3) is 0.500. The number of ketones is 1. The number of nitrogens with zero attached hydrogens (tertiary/aromatic N) is 1. The van der Waals surface area contributed by atoms with Crippen molar-refractivity contribution < 1.29 is 43.2 Å². The number of thiophene rings is 1. The number of rotatable bonds is 10. The molecule has 285 valence electrons. The van der Waals surface area contributed by atoms with E-state index in [1.807, 2.05) is 53.7 Å². The zero-order valence-corrected chi connectivity index (χ0v) is 35.4. The fourth-order valence-electron chi connectivity index (χ4n) is 7.38. The van der Waals surface area contributed by atoms with Crippen molar-refractivity contribution in [2.24, 2.45) is 17.3 Å². The Morgan fingerprint density at radius 2 is 1.56 bits per heavy atom. The van der Waals surface area contributed by atoms with Gasteiger partial charge in [-0.25, -0.2) is 0 Å². The van der Waals surface area contributed by atoms with E-state index in [0.29, 0.717) is 27.3 Å². The number of carbonyl (C=O) groups excluding carboxylic acids is 1. The van der Waals surface area contributed by atoms with Crippen LogP contribution >= 0.6 is 11.3 Å². The maximum atomic E-state index is 14.0. The van der Waals surface area contributed by atoms with Gasteiger partial charge in [-0.05, 0) is 86.3 Å². The summed E-state index contributed by atoms with van der Waals surface area (Å²) in [4.78, 5) is 16.9. The Hall–Kier alpha value is -2.80. The van der Waals surface area contributed by atoms with Crippen molar-refractivity contribution in [2.75, 3.05) is 0 Å². The average molecular weight is 911 g/mol. The zero-order chi connectivity index (χ0) is 37.7. The van der Waals surface area contributed by atoms with Gasteiger partial charge in [0.15, 0.2) is 5.78 Å². The molecule has 1 aliphatic rings. The maximum Gasteiger partial charge on any atom is 0.418 e. The molecule has 0 spiro atoms. The van der Waals surface area contributed by atoms with Crippen LogP contribution in [0.25, 0.3) is 31.8 Å². The molecule has 0 bridgehead atoms. The van der Waals surface area contributed by atoms with Crippen molar-refractivity contribution >= 4 is 27.2 Å². The van der Waals surface area contributed by atoms with Crippen molar-refractivity contribution in [1.82, 2.24) is 4.98 Å². The number of carbonyl (C=O) groups is 1. The second-order valence-electron chi connectivity index (χ2n) is 15.1. The Kier molecular flexibility index (Phi) is 15.5. The van der Waals surface area contributed by atoms with Crippen LogP contribution in [0.4, 0.5) is 13.2 Å². The van der Waals surface area contributed by atoms with E-state index < -0.39 is 11.7 Å². The fourth-order valence-corrected chi connectivity index (χ4v) is 8.72. The van der Waals surface area contributed by atoms with Crippen LogP contribution in [-0.2, 0) is 31.1 Å². The molecule has 0 unspecified atom stereocenters. The van der Waals surface area contributed by atoms with Crippen LogP contribution in [0, 0.1) is 44.1 Å². The second kappa shape index (κ2) is 18.5. The number of aliphatic hydroxyl groups is 1. The molecule has 1 N–H and O–H groups in total. The standard InChI is InChI=1S/C31H31F3NS.C13H24O2.Ir/c1-18-14-19(2)16-24(15-18)27-29-26(25(17-35-27)31(32,33)34)20(3)28(36-29)23-8-6-21(7-9-23)22-10-12-30(4,5)13-11-22;1-5-10(6-2)12(14)9-13(15)11(7-3)8-4;/h6-9,14-15,17,22H,10-13H2,1-5H3;9-11,14H,5-8H2,1-4H3;/q-1;;/b;12-9-;. The topological polar surface area (TPSA) is 50.2 Å². The number of benzene rings is 2. The second-order valence-corrected chi connectivity index (χ2v) is 16.1. The van der Waals surface area contributed by atoms with Crippen molar-refractivity contribution in [2.45, 2.75) is 126 Å². The predicted octanol–water partition coefficient (Wildman–Crippen LogP) is 13.9. The van der Waals surface area contributed by atoms with Crippen molar-refractivity contribution in [1.29, 1.82) is 0 Å². The van der Waals surface area contributed by atoms with Gasteiger partial charge in [0.1, 0.15) is 0 Å². The monoisotopic (exact) mass is 911 g/mol. The van der Waals surface area contributed by atoms with E-state index in [1.54, 1.807) is 6.92 Å². The summed E-state index contributed by atoms with van der Waals surface area (Å²) in [5, 5.41) is 10.0. The number of pyridine rings is 1. The van der Waals surface area contributed by atoms with Gasteiger partial charge >= 0.3 is 6.18 Å². The Balaban J connectivity index is 0.000000389. The first-order valence-electron chi connectivity index (χ1n) is 18.6. The molecule has 4 aromatic rings. The van der Waals surface area contributed by atoms with E-state index in [-0.39, 0.29) is 48.9 Å². The van der Waals surface area contributed by atoms with Crippen LogP contribution in [-0.4, -0.2) is 15.9 Å². The number of aliphatic hydroxyl groups excluding tert-OH is 1. The summed E-state index contributed by atoms with van der Waals surface area (Å²) in [5.41, 5.74) is 5.95. The third-order valence-corrected chi connectivity index (χ3v) is 12.1. The van der Waals surface area contributed by atoms with Crippen LogP contribution in [0.15, 0.2) is 54.4 Å². The maximum absolute atomic E-state index is 14.0. The summed E-state index contributed by atoms with van der Waals surface area (Å²) in [6.07, 6.45) is 6.23. The molecule has 1 aliphatic carbocycles. The van der Waals surface area contributed by atoms with Gasteiger partial charge in [0.25, 0.3) is 0 Å². The van der Waals surface area contributed by atoms with Crippen LogP contribution in [0.5, 0.6) is 0 Å². The Labute approximate surface area is 326 Å². The summed E-state index contributed by atoms with van der Waals surface area (Å²) < 4.78 is 42.7. The normalized spacial score (nSPS) is 15.1. The van der Waals surface area contributed by atoms with Crippen molar-refractivity contribution in [3.63, 3.8) is 0 Å². The van der Waals surface area contributed by atoms with E-state index in [9.17, 15) is 23.1 Å². The van der Waals surface area contributed by atoms with Gasteiger partial charge in [-0.15, -0.1) is 46.2 Å². The Morgan fingerprint density at radius 3 is 2.08 bits per heavy atom. The van der Waals surface area contributed by atoms with Crippen LogP contribution in [0.1, 0.15) is 127 Å². The first kappa shape index (κ1) is 43.6. The molecule has 2 aromatic heterocycles. The van der Waals surface area contributed by atoms with E-state index in [4.69, 9.17) is 0 Å². The van der Waals surface area contributed by atoms with E-state index in [1.165, 1.54) is 48.7 Å².